The summed E-state index contributed by atoms with van der Waals surface area (Å²) in [5.74, 6) is -2.18. The number of carbonyl (C=O) groups is 1. The number of anilines is 2. The number of hydrogen-bond donors (Lipinski definition) is 3. The fourth-order valence-corrected chi connectivity index (χ4v) is 3.98. The van der Waals surface area contributed by atoms with Crippen molar-refractivity contribution >= 4 is 38.2 Å². The smallest absolute Gasteiger partial charge is 0.272 e. The lowest BCUT2D eigenvalue weighted by atomic mass is 10.2. The average molecular weight is 427 g/mol. The van der Waals surface area contributed by atoms with E-state index in [2.05, 4.69) is 15.0 Å². The lowest BCUT2D eigenvalue weighted by Crippen LogP contribution is -2.14. The molecule has 0 atom stereocenters. The number of carbonyl (C=O) groups excluding carboxylic acids is 1. The van der Waals surface area contributed by atoms with Crippen molar-refractivity contribution in [3.8, 4) is 0 Å². The van der Waals surface area contributed by atoms with E-state index in [-0.39, 0.29) is 16.5 Å². The molecule has 30 heavy (non-hydrogen) atoms. The van der Waals surface area contributed by atoms with Crippen molar-refractivity contribution < 1.29 is 22.0 Å². The highest BCUT2D eigenvalue weighted by Crippen LogP contribution is 2.21. The van der Waals surface area contributed by atoms with Gasteiger partial charge in [-0.2, -0.15) is 0 Å². The summed E-state index contributed by atoms with van der Waals surface area (Å²) in [6, 6.07) is 16.9. The molecule has 0 saturated heterocycles. The van der Waals surface area contributed by atoms with Gasteiger partial charge in [0.15, 0.2) is 0 Å². The van der Waals surface area contributed by atoms with E-state index in [1.807, 2.05) is 24.3 Å². The van der Waals surface area contributed by atoms with E-state index in [4.69, 9.17) is 0 Å². The molecule has 9 heteroatoms. The number of fused-ring (bicyclic) bond motifs is 1. The van der Waals surface area contributed by atoms with Gasteiger partial charge in [-0.3, -0.25) is 9.52 Å². The fourth-order valence-electron chi connectivity index (χ4n) is 2.94. The molecule has 4 rings (SSSR count). The Morgan fingerprint density at radius 3 is 2.17 bits per heavy atom. The lowest BCUT2D eigenvalue weighted by Gasteiger charge is -2.09. The molecule has 152 valence electrons. The number of nitrogens with one attached hydrogen (secondary N) is 3. The zero-order valence-corrected chi connectivity index (χ0v) is 16.1. The molecule has 0 spiro atoms. The van der Waals surface area contributed by atoms with Crippen LogP contribution < -0.4 is 10.0 Å². The van der Waals surface area contributed by atoms with E-state index in [9.17, 15) is 22.0 Å². The molecule has 0 bridgehead atoms. The molecule has 3 N–H and O–H groups in total. The Bertz CT molecular complexity index is 1300. The standard InChI is InChI=1S/C21H15F2N3O3S/c22-14-10-15(23)12-17(11-14)26-30(28,29)18-7-5-16(6-8-18)24-21(27)20-9-13-3-1-2-4-19(13)25-20/h1-12,25-26H,(H,24,27). The van der Waals surface area contributed by atoms with Crippen LogP contribution in [0.3, 0.4) is 0 Å². The van der Waals surface area contributed by atoms with Gasteiger partial charge in [0, 0.05) is 22.7 Å². The van der Waals surface area contributed by atoms with Crippen LogP contribution in [0.25, 0.3) is 10.9 Å². The van der Waals surface area contributed by atoms with E-state index < -0.39 is 21.7 Å². The van der Waals surface area contributed by atoms with E-state index in [1.165, 1.54) is 24.3 Å². The summed E-state index contributed by atoms with van der Waals surface area (Å²) in [5.41, 5.74) is 1.34. The molecule has 3 aromatic carbocycles. The highest BCUT2D eigenvalue weighted by atomic mass is 32.2. The molecule has 0 unspecified atom stereocenters. The summed E-state index contributed by atoms with van der Waals surface area (Å²) in [6.07, 6.45) is 0. The van der Waals surface area contributed by atoms with Crippen molar-refractivity contribution in [2.75, 3.05) is 10.0 Å². The summed E-state index contributed by atoms with van der Waals surface area (Å²) in [6.45, 7) is 0. The van der Waals surface area contributed by atoms with Crippen molar-refractivity contribution in [3.63, 3.8) is 0 Å². The molecular weight excluding hydrogens is 412 g/mol. The number of halogens is 2. The van der Waals surface area contributed by atoms with Gasteiger partial charge in [0.1, 0.15) is 17.3 Å². The minimum Gasteiger partial charge on any atom is -0.351 e. The number of benzene rings is 3. The summed E-state index contributed by atoms with van der Waals surface area (Å²) in [7, 11) is -4.06. The maximum Gasteiger partial charge on any atom is 0.272 e. The minimum atomic E-state index is -4.06. The Kier molecular flexibility index (Phi) is 4.96. The predicted octanol–water partition coefficient (Wildman–Crippen LogP) is 4.50. The number of aromatic amines is 1. The molecule has 4 aromatic rings. The Balaban J connectivity index is 1.49. The zero-order valence-electron chi connectivity index (χ0n) is 15.3. The van der Waals surface area contributed by atoms with Gasteiger partial charge in [-0.25, -0.2) is 17.2 Å². The molecule has 0 aliphatic heterocycles. The summed E-state index contributed by atoms with van der Waals surface area (Å²) < 4.78 is 53.5. The number of aromatic nitrogens is 1. The molecule has 6 nitrogen and oxygen atoms in total. The third-order valence-corrected chi connectivity index (χ3v) is 5.71. The first-order valence-electron chi connectivity index (χ1n) is 8.78. The molecule has 0 fully saturated rings. The summed E-state index contributed by atoms with van der Waals surface area (Å²) in [5, 5.41) is 3.57. The summed E-state index contributed by atoms with van der Waals surface area (Å²) in [4.78, 5) is 15.3. The number of para-hydroxylation sites is 1. The van der Waals surface area contributed by atoms with Crippen LogP contribution >= 0.6 is 0 Å². The Morgan fingerprint density at radius 1 is 0.833 bits per heavy atom. The summed E-state index contributed by atoms with van der Waals surface area (Å²) >= 11 is 0. The van der Waals surface area contributed by atoms with Crippen molar-refractivity contribution in [1.29, 1.82) is 0 Å². The number of sulfonamides is 1. The second-order valence-corrected chi connectivity index (χ2v) is 8.19. The number of amides is 1. The number of H-pyrrole nitrogens is 1. The van der Waals surface area contributed by atoms with Crippen LogP contribution in [0.15, 0.2) is 77.7 Å². The molecule has 0 aliphatic carbocycles. The first kappa shape index (κ1) is 19.6. The Labute approximate surface area is 170 Å². The van der Waals surface area contributed by atoms with Gasteiger partial charge in [0.25, 0.3) is 15.9 Å². The SMILES string of the molecule is O=C(Nc1ccc(S(=O)(=O)Nc2cc(F)cc(F)c2)cc1)c1cc2ccccc2[nH]1. The quantitative estimate of drug-likeness (QED) is 0.438. The molecule has 0 aliphatic rings. The average Bonchev–Trinajstić information content (AvgIpc) is 3.11. The molecule has 0 radical (unpaired) electrons. The lowest BCUT2D eigenvalue weighted by molar-refractivity contribution is 0.102. The van der Waals surface area contributed by atoms with Crippen LogP contribution in [0.2, 0.25) is 0 Å². The topological polar surface area (TPSA) is 91.1 Å². The van der Waals surface area contributed by atoms with Crippen LogP contribution in [0, 0.1) is 11.6 Å². The van der Waals surface area contributed by atoms with E-state index in [1.54, 1.807) is 6.07 Å². The third-order valence-electron chi connectivity index (χ3n) is 4.31. The van der Waals surface area contributed by atoms with Gasteiger partial charge in [-0.1, -0.05) is 18.2 Å². The Hall–Kier alpha value is -3.72. The van der Waals surface area contributed by atoms with E-state index >= 15 is 0 Å². The monoisotopic (exact) mass is 427 g/mol. The van der Waals surface area contributed by atoms with Crippen LogP contribution in [0.4, 0.5) is 20.2 Å². The van der Waals surface area contributed by atoms with Crippen molar-refractivity contribution in [1.82, 2.24) is 4.98 Å². The maximum atomic E-state index is 13.3. The molecular formula is C21H15F2N3O3S. The van der Waals surface area contributed by atoms with Gasteiger partial charge in [-0.15, -0.1) is 0 Å². The second-order valence-electron chi connectivity index (χ2n) is 6.51. The maximum absolute atomic E-state index is 13.3. The second kappa shape index (κ2) is 7.60. The fraction of sp³-hybridized carbons (Fsp3) is 0. The van der Waals surface area contributed by atoms with Crippen LogP contribution in [0.5, 0.6) is 0 Å². The molecule has 0 saturated carbocycles. The molecule has 1 heterocycles. The van der Waals surface area contributed by atoms with Crippen LogP contribution in [-0.2, 0) is 10.0 Å². The largest absolute Gasteiger partial charge is 0.351 e. The third kappa shape index (κ3) is 4.15. The van der Waals surface area contributed by atoms with Crippen molar-refractivity contribution in [2.45, 2.75) is 4.90 Å². The van der Waals surface area contributed by atoms with Gasteiger partial charge < -0.3 is 10.3 Å². The van der Waals surface area contributed by atoms with Crippen molar-refractivity contribution in [3.05, 3.63) is 90.1 Å². The highest BCUT2D eigenvalue weighted by Gasteiger charge is 2.16. The predicted molar refractivity (Wildman–Crippen MR) is 110 cm³/mol. The van der Waals surface area contributed by atoms with E-state index in [0.29, 0.717) is 17.4 Å². The highest BCUT2D eigenvalue weighted by molar-refractivity contribution is 7.92. The van der Waals surface area contributed by atoms with Crippen molar-refractivity contribution in [2.24, 2.45) is 0 Å². The molecule has 1 aromatic heterocycles. The first-order chi connectivity index (χ1) is 14.3. The molecule has 1 amide bonds. The Morgan fingerprint density at radius 2 is 1.50 bits per heavy atom. The van der Waals surface area contributed by atoms with Gasteiger partial charge in [0.05, 0.1) is 10.6 Å². The number of hydrogen-bond acceptors (Lipinski definition) is 3. The van der Waals surface area contributed by atoms with Crippen LogP contribution in [-0.4, -0.2) is 19.3 Å². The van der Waals surface area contributed by atoms with Gasteiger partial charge in [-0.05, 0) is 48.5 Å². The van der Waals surface area contributed by atoms with Gasteiger partial charge >= 0.3 is 0 Å². The number of rotatable bonds is 5. The van der Waals surface area contributed by atoms with Crippen LogP contribution in [0.1, 0.15) is 10.5 Å². The minimum absolute atomic E-state index is 0.129. The van der Waals surface area contributed by atoms with Gasteiger partial charge in [0.2, 0.25) is 0 Å². The normalized spacial score (nSPS) is 11.4. The first-order valence-corrected chi connectivity index (χ1v) is 10.3. The van der Waals surface area contributed by atoms with E-state index in [0.717, 1.165) is 23.0 Å². The zero-order chi connectivity index (χ0) is 21.3.